The number of thiophene rings is 1. The molecule has 0 aliphatic heterocycles. The average Bonchev–Trinajstić information content (AvgIpc) is 2.75. The van der Waals surface area contributed by atoms with Gasteiger partial charge in [-0.3, -0.25) is 4.21 Å². The van der Waals surface area contributed by atoms with Gasteiger partial charge in [-0.1, -0.05) is 0 Å². The number of hydrogen-bond acceptors (Lipinski definition) is 5. The van der Waals surface area contributed by atoms with Gasteiger partial charge in [0.1, 0.15) is 5.75 Å². The predicted molar refractivity (Wildman–Crippen MR) is 74.2 cm³/mol. The summed E-state index contributed by atoms with van der Waals surface area (Å²) in [5.74, 6) is 0.653. The van der Waals surface area contributed by atoms with Gasteiger partial charge in [-0.15, -0.1) is 11.3 Å². The Kier molecular flexibility index (Phi) is 5.32. The molecular formula is C10H17NO4S3. The molecule has 1 aromatic heterocycles. The van der Waals surface area contributed by atoms with E-state index in [1.54, 1.807) is 24.6 Å². The minimum atomic E-state index is -3.59. The molecule has 1 rings (SSSR count). The molecule has 0 N–H and O–H groups in total. The second-order valence-electron chi connectivity index (χ2n) is 3.89. The zero-order valence-electron chi connectivity index (χ0n) is 10.7. The largest absolute Gasteiger partial charge is 0.494 e. The first kappa shape index (κ1) is 15.6. The van der Waals surface area contributed by atoms with Gasteiger partial charge in [0, 0.05) is 35.9 Å². The Morgan fingerprint density at radius 2 is 2.17 bits per heavy atom. The quantitative estimate of drug-likeness (QED) is 0.790. The summed E-state index contributed by atoms with van der Waals surface area (Å²) < 4.78 is 42.3. The van der Waals surface area contributed by atoms with E-state index < -0.39 is 20.8 Å². The fourth-order valence-electron chi connectivity index (χ4n) is 1.44. The third-order valence-electron chi connectivity index (χ3n) is 2.53. The van der Waals surface area contributed by atoms with E-state index in [1.807, 2.05) is 0 Å². The summed E-state index contributed by atoms with van der Waals surface area (Å²) in [4.78, 5) is 0. The summed E-state index contributed by atoms with van der Waals surface area (Å²) in [6.45, 7) is 1.74. The molecule has 104 valence electrons. The van der Waals surface area contributed by atoms with E-state index in [1.165, 1.54) is 18.5 Å². The summed E-state index contributed by atoms with van der Waals surface area (Å²) in [6, 6.07) is 1.29. The van der Waals surface area contributed by atoms with Crippen LogP contribution in [0.3, 0.4) is 0 Å². The van der Waals surface area contributed by atoms with E-state index >= 15 is 0 Å². The van der Waals surface area contributed by atoms with Crippen molar-refractivity contribution in [1.29, 1.82) is 0 Å². The predicted octanol–water partition coefficient (Wildman–Crippen LogP) is 1.14. The van der Waals surface area contributed by atoms with Crippen LogP contribution in [0.4, 0.5) is 0 Å². The van der Waals surface area contributed by atoms with Gasteiger partial charge in [0.2, 0.25) is 0 Å². The normalized spacial score (nSPS) is 15.6. The zero-order chi connectivity index (χ0) is 13.9. The smallest absolute Gasteiger partial charge is 0.256 e. The molecule has 0 saturated carbocycles. The van der Waals surface area contributed by atoms with E-state index in [2.05, 4.69) is 0 Å². The Morgan fingerprint density at radius 1 is 1.56 bits per heavy atom. The van der Waals surface area contributed by atoms with Gasteiger partial charge >= 0.3 is 0 Å². The minimum absolute atomic E-state index is 0.182. The van der Waals surface area contributed by atoms with Gasteiger partial charge in [-0.2, -0.15) is 4.31 Å². The number of ether oxygens (including phenoxy) is 1. The molecule has 0 unspecified atom stereocenters. The van der Waals surface area contributed by atoms with Crippen molar-refractivity contribution >= 4 is 32.2 Å². The molecule has 0 bridgehead atoms. The average molecular weight is 311 g/mol. The van der Waals surface area contributed by atoms with E-state index in [4.69, 9.17) is 4.74 Å². The number of sulfonamides is 1. The number of nitrogens with zero attached hydrogens (tertiary/aromatic N) is 1. The molecule has 0 amide bonds. The van der Waals surface area contributed by atoms with E-state index in [9.17, 15) is 12.6 Å². The molecule has 8 heteroatoms. The highest BCUT2D eigenvalue weighted by Crippen LogP contribution is 2.32. The van der Waals surface area contributed by atoms with Crippen LogP contribution in [0.1, 0.15) is 6.92 Å². The topological polar surface area (TPSA) is 63.7 Å². The van der Waals surface area contributed by atoms with Crippen molar-refractivity contribution in [3.8, 4) is 5.75 Å². The molecule has 0 radical (unpaired) electrons. The van der Waals surface area contributed by atoms with Gasteiger partial charge in [-0.05, 0) is 18.4 Å². The molecule has 18 heavy (non-hydrogen) atoms. The SMILES string of the molecule is COc1ccsc1S(=O)(=O)N(C)[C@@H](C)C[S@](C)=O. The Hall–Kier alpha value is -0.440. The lowest BCUT2D eigenvalue weighted by Crippen LogP contribution is -2.38. The van der Waals surface area contributed by atoms with Crippen LogP contribution >= 0.6 is 11.3 Å². The summed E-state index contributed by atoms with van der Waals surface area (Å²) >= 11 is 1.12. The highest BCUT2D eigenvalue weighted by atomic mass is 32.2. The molecule has 0 spiro atoms. The van der Waals surface area contributed by atoms with Crippen molar-refractivity contribution in [3.63, 3.8) is 0 Å². The summed E-state index contributed by atoms with van der Waals surface area (Å²) in [5, 5.41) is 1.67. The maximum Gasteiger partial charge on any atom is 0.256 e. The fraction of sp³-hybridized carbons (Fsp3) is 0.600. The molecule has 5 nitrogen and oxygen atoms in total. The third-order valence-corrected chi connectivity index (χ3v) is 6.87. The maximum atomic E-state index is 12.4. The van der Waals surface area contributed by atoms with Crippen molar-refractivity contribution in [1.82, 2.24) is 4.31 Å². The second-order valence-corrected chi connectivity index (χ2v) is 8.48. The molecule has 0 aliphatic carbocycles. The molecule has 2 atom stereocenters. The molecule has 0 saturated heterocycles. The number of rotatable bonds is 6. The Balaban J connectivity index is 3.03. The van der Waals surface area contributed by atoms with Gasteiger partial charge < -0.3 is 4.74 Å². The molecule has 0 aromatic carbocycles. The van der Waals surface area contributed by atoms with Crippen LogP contribution in [0.15, 0.2) is 15.7 Å². The highest BCUT2D eigenvalue weighted by molar-refractivity contribution is 7.91. The lowest BCUT2D eigenvalue weighted by atomic mass is 10.4. The Bertz CT molecular complexity index is 523. The third kappa shape index (κ3) is 3.31. The zero-order valence-corrected chi connectivity index (χ0v) is 13.2. The van der Waals surface area contributed by atoms with Gasteiger partial charge in [0.15, 0.2) is 4.21 Å². The van der Waals surface area contributed by atoms with E-state index in [0.717, 1.165) is 11.3 Å². The first-order valence-electron chi connectivity index (χ1n) is 5.20. The monoisotopic (exact) mass is 311 g/mol. The lowest BCUT2D eigenvalue weighted by molar-refractivity contribution is 0.393. The first-order valence-corrected chi connectivity index (χ1v) is 9.25. The second kappa shape index (κ2) is 6.14. The highest BCUT2D eigenvalue weighted by Gasteiger charge is 2.29. The van der Waals surface area contributed by atoms with Crippen LogP contribution in [0, 0.1) is 0 Å². The number of hydrogen-bond donors (Lipinski definition) is 0. The maximum absolute atomic E-state index is 12.4. The van der Waals surface area contributed by atoms with Crippen molar-refractivity contribution in [2.24, 2.45) is 0 Å². The molecule has 0 aliphatic rings. The van der Waals surface area contributed by atoms with Crippen LogP contribution in [0.25, 0.3) is 0 Å². The van der Waals surface area contributed by atoms with Gasteiger partial charge in [-0.25, -0.2) is 8.42 Å². The summed E-state index contributed by atoms with van der Waals surface area (Å²) in [7, 11) is -1.70. The van der Waals surface area contributed by atoms with Crippen LogP contribution in [-0.2, 0) is 20.8 Å². The summed E-state index contributed by atoms with van der Waals surface area (Å²) in [5.41, 5.74) is 0. The van der Waals surface area contributed by atoms with Gasteiger partial charge in [0.25, 0.3) is 10.0 Å². The molecule has 1 heterocycles. The molecule has 0 fully saturated rings. The first-order chi connectivity index (χ1) is 8.30. The van der Waals surface area contributed by atoms with Crippen LogP contribution in [0.5, 0.6) is 5.75 Å². The Labute approximate surface area is 114 Å². The standard InChI is InChI=1S/C10H17NO4S3/c1-8(7-17(4)12)11(2)18(13,14)10-9(15-3)5-6-16-10/h5-6,8H,7H2,1-4H3/t8-,17-/m0/s1. The van der Waals surface area contributed by atoms with E-state index in [0.29, 0.717) is 11.5 Å². The molecular weight excluding hydrogens is 294 g/mol. The van der Waals surface area contributed by atoms with Crippen LogP contribution < -0.4 is 4.74 Å². The van der Waals surface area contributed by atoms with Crippen molar-refractivity contribution < 1.29 is 17.4 Å². The van der Waals surface area contributed by atoms with Crippen molar-refractivity contribution in [3.05, 3.63) is 11.4 Å². The van der Waals surface area contributed by atoms with Crippen molar-refractivity contribution in [2.45, 2.75) is 17.2 Å². The Morgan fingerprint density at radius 3 is 2.67 bits per heavy atom. The van der Waals surface area contributed by atoms with Crippen LogP contribution in [0.2, 0.25) is 0 Å². The fourth-order valence-corrected chi connectivity index (χ4v) is 5.24. The minimum Gasteiger partial charge on any atom is -0.494 e. The van der Waals surface area contributed by atoms with E-state index in [-0.39, 0.29) is 10.3 Å². The van der Waals surface area contributed by atoms with Crippen LogP contribution in [-0.4, -0.2) is 49.1 Å². The number of methoxy groups -OCH3 is 1. The van der Waals surface area contributed by atoms with Gasteiger partial charge in [0.05, 0.1) is 7.11 Å². The van der Waals surface area contributed by atoms with Crippen molar-refractivity contribution in [2.75, 3.05) is 26.2 Å². The summed E-state index contributed by atoms with van der Waals surface area (Å²) in [6.07, 6.45) is 1.56. The molecule has 1 aromatic rings. The lowest BCUT2D eigenvalue weighted by Gasteiger charge is -2.23.